The molecule has 1 amide bonds. The van der Waals surface area contributed by atoms with Crippen molar-refractivity contribution in [2.45, 2.75) is 19.8 Å². The standard InChI is InChI=1S/C11H18N2O4/c1-3-17-11(15)5-8-13(7-4-6-12)10(14)9-16-2/h3-5,7-9H2,1-2H3. The van der Waals surface area contributed by atoms with Gasteiger partial charge in [-0.15, -0.1) is 0 Å². The second-order valence-electron chi connectivity index (χ2n) is 3.28. The maximum atomic E-state index is 11.6. The van der Waals surface area contributed by atoms with Gasteiger partial charge in [0, 0.05) is 20.2 Å². The van der Waals surface area contributed by atoms with E-state index in [1.54, 1.807) is 6.92 Å². The average Bonchev–Trinajstić information content (AvgIpc) is 2.29. The van der Waals surface area contributed by atoms with Crippen molar-refractivity contribution < 1.29 is 19.1 Å². The quantitative estimate of drug-likeness (QED) is 0.573. The summed E-state index contributed by atoms with van der Waals surface area (Å²) in [4.78, 5) is 24.1. The summed E-state index contributed by atoms with van der Waals surface area (Å²) in [5.41, 5.74) is 0. The highest BCUT2D eigenvalue weighted by Crippen LogP contribution is 1.97. The number of rotatable bonds is 8. The van der Waals surface area contributed by atoms with Gasteiger partial charge in [-0.25, -0.2) is 0 Å². The van der Waals surface area contributed by atoms with Crippen LogP contribution in [0.25, 0.3) is 0 Å². The summed E-state index contributed by atoms with van der Waals surface area (Å²) in [6, 6.07) is 1.96. The monoisotopic (exact) mass is 242 g/mol. The van der Waals surface area contributed by atoms with Crippen LogP contribution < -0.4 is 0 Å². The number of hydrogen-bond donors (Lipinski definition) is 0. The maximum Gasteiger partial charge on any atom is 0.307 e. The van der Waals surface area contributed by atoms with Gasteiger partial charge in [0.1, 0.15) is 6.61 Å². The first-order valence-electron chi connectivity index (χ1n) is 5.45. The molecule has 0 atom stereocenters. The van der Waals surface area contributed by atoms with Crippen LogP contribution in [0.4, 0.5) is 0 Å². The third kappa shape index (κ3) is 7.30. The lowest BCUT2D eigenvalue weighted by atomic mass is 10.3. The molecule has 0 rings (SSSR count). The summed E-state index contributed by atoms with van der Waals surface area (Å²) < 4.78 is 9.49. The average molecular weight is 242 g/mol. The SMILES string of the molecule is CCOC(=O)CCN(CCC#N)C(=O)COC. The van der Waals surface area contributed by atoms with Crippen molar-refractivity contribution in [2.24, 2.45) is 0 Å². The fourth-order valence-electron chi connectivity index (χ4n) is 1.22. The predicted molar refractivity (Wildman–Crippen MR) is 59.9 cm³/mol. The lowest BCUT2D eigenvalue weighted by molar-refractivity contribution is -0.144. The first-order valence-corrected chi connectivity index (χ1v) is 5.45. The van der Waals surface area contributed by atoms with Crippen molar-refractivity contribution >= 4 is 11.9 Å². The molecule has 0 spiro atoms. The number of ether oxygens (including phenoxy) is 2. The van der Waals surface area contributed by atoms with Crippen LogP contribution in [0, 0.1) is 11.3 Å². The van der Waals surface area contributed by atoms with Gasteiger partial charge in [-0.2, -0.15) is 5.26 Å². The summed E-state index contributed by atoms with van der Waals surface area (Å²) in [5.74, 6) is -0.577. The molecule has 0 fully saturated rings. The largest absolute Gasteiger partial charge is 0.466 e. The number of carbonyl (C=O) groups is 2. The van der Waals surface area contributed by atoms with Crippen LogP contribution in [0.15, 0.2) is 0 Å². The molecule has 0 aromatic heterocycles. The molecule has 0 saturated carbocycles. The van der Waals surface area contributed by atoms with Crippen molar-refractivity contribution in [1.82, 2.24) is 4.90 Å². The first-order chi connectivity index (χ1) is 8.15. The molecule has 0 aliphatic carbocycles. The predicted octanol–water partition coefficient (Wildman–Crippen LogP) is 0.328. The van der Waals surface area contributed by atoms with E-state index >= 15 is 0 Å². The molecule has 96 valence electrons. The Balaban J connectivity index is 4.14. The molecule has 6 nitrogen and oxygen atoms in total. The van der Waals surface area contributed by atoms with Gasteiger partial charge in [0.25, 0.3) is 0 Å². The maximum absolute atomic E-state index is 11.6. The fourth-order valence-corrected chi connectivity index (χ4v) is 1.22. The Bertz CT molecular complexity index is 286. The van der Waals surface area contributed by atoms with E-state index in [0.717, 1.165) is 0 Å². The minimum Gasteiger partial charge on any atom is -0.466 e. The number of hydrogen-bond acceptors (Lipinski definition) is 5. The first kappa shape index (κ1) is 15.4. The zero-order valence-electron chi connectivity index (χ0n) is 10.3. The molecule has 0 aromatic rings. The van der Waals surface area contributed by atoms with Crippen LogP contribution in [0.2, 0.25) is 0 Å². The zero-order chi connectivity index (χ0) is 13.1. The Labute approximate surface area is 101 Å². The highest BCUT2D eigenvalue weighted by molar-refractivity contribution is 5.78. The highest BCUT2D eigenvalue weighted by atomic mass is 16.5. The van der Waals surface area contributed by atoms with Gasteiger partial charge < -0.3 is 14.4 Å². The van der Waals surface area contributed by atoms with Crippen LogP contribution in [-0.4, -0.2) is 50.2 Å². The number of methoxy groups -OCH3 is 1. The molecule has 0 aliphatic heterocycles. The van der Waals surface area contributed by atoms with Gasteiger partial charge in [-0.3, -0.25) is 9.59 Å². The number of carbonyl (C=O) groups excluding carboxylic acids is 2. The molecule has 0 heterocycles. The lowest BCUT2D eigenvalue weighted by Gasteiger charge is -2.20. The van der Waals surface area contributed by atoms with Gasteiger partial charge >= 0.3 is 5.97 Å². The number of nitrogens with zero attached hydrogens (tertiary/aromatic N) is 2. The summed E-state index contributed by atoms with van der Waals surface area (Å²) in [5, 5.41) is 8.48. The van der Waals surface area contributed by atoms with Gasteiger partial charge in [0.15, 0.2) is 0 Å². The van der Waals surface area contributed by atoms with Crippen molar-refractivity contribution in [3.05, 3.63) is 0 Å². The van der Waals surface area contributed by atoms with Crippen LogP contribution in [0.3, 0.4) is 0 Å². The van der Waals surface area contributed by atoms with Crippen LogP contribution in [0.5, 0.6) is 0 Å². The topological polar surface area (TPSA) is 79.6 Å². The van der Waals surface area contributed by atoms with E-state index in [0.29, 0.717) is 13.2 Å². The minimum atomic E-state index is -0.348. The Morgan fingerprint density at radius 1 is 1.35 bits per heavy atom. The van der Waals surface area contributed by atoms with Crippen LogP contribution in [0.1, 0.15) is 19.8 Å². The Hall–Kier alpha value is -1.61. The third-order valence-corrected chi connectivity index (χ3v) is 2.01. The molecule has 6 heteroatoms. The van der Waals surface area contributed by atoms with E-state index in [2.05, 4.69) is 0 Å². The number of nitriles is 1. The van der Waals surface area contributed by atoms with E-state index in [1.165, 1.54) is 12.0 Å². The van der Waals surface area contributed by atoms with Gasteiger partial charge in [0.05, 0.1) is 25.5 Å². The van der Waals surface area contributed by atoms with E-state index in [1.807, 2.05) is 6.07 Å². The van der Waals surface area contributed by atoms with E-state index in [9.17, 15) is 9.59 Å². The van der Waals surface area contributed by atoms with Crippen LogP contribution >= 0.6 is 0 Å². The Kier molecular flexibility index (Phi) is 8.69. The molecule has 17 heavy (non-hydrogen) atoms. The lowest BCUT2D eigenvalue weighted by Crippen LogP contribution is -2.36. The number of amides is 1. The summed E-state index contributed by atoms with van der Waals surface area (Å²) in [6.07, 6.45) is 0.368. The molecule has 0 aromatic carbocycles. The minimum absolute atomic E-state index is 0.0474. The van der Waals surface area contributed by atoms with Crippen molar-refractivity contribution in [1.29, 1.82) is 5.26 Å². The zero-order valence-corrected chi connectivity index (χ0v) is 10.3. The number of esters is 1. The fraction of sp³-hybridized carbons (Fsp3) is 0.727. The van der Waals surface area contributed by atoms with Crippen molar-refractivity contribution in [3.63, 3.8) is 0 Å². The molecule has 0 saturated heterocycles. The van der Waals surface area contributed by atoms with Gasteiger partial charge in [-0.05, 0) is 6.92 Å². The third-order valence-electron chi connectivity index (χ3n) is 2.01. The molecule has 0 bridgehead atoms. The molecule has 0 N–H and O–H groups in total. The molecule has 0 aliphatic rings. The summed E-state index contributed by atoms with van der Waals surface area (Å²) in [6.45, 7) is 2.56. The van der Waals surface area contributed by atoms with E-state index in [-0.39, 0.29) is 37.9 Å². The highest BCUT2D eigenvalue weighted by Gasteiger charge is 2.14. The molecular weight excluding hydrogens is 224 g/mol. The van der Waals surface area contributed by atoms with Gasteiger partial charge in [-0.1, -0.05) is 0 Å². The normalized spacial score (nSPS) is 9.47. The smallest absolute Gasteiger partial charge is 0.307 e. The summed E-state index contributed by atoms with van der Waals surface area (Å²) >= 11 is 0. The van der Waals surface area contributed by atoms with Crippen molar-refractivity contribution in [3.8, 4) is 6.07 Å². The van der Waals surface area contributed by atoms with Gasteiger partial charge in [0.2, 0.25) is 5.91 Å². The van der Waals surface area contributed by atoms with Crippen LogP contribution in [-0.2, 0) is 19.1 Å². The second-order valence-corrected chi connectivity index (χ2v) is 3.28. The van der Waals surface area contributed by atoms with E-state index < -0.39 is 0 Å². The molecular formula is C11H18N2O4. The molecule has 0 unspecified atom stereocenters. The van der Waals surface area contributed by atoms with E-state index in [4.69, 9.17) is 14.7 Å². The Morgan fingerprint density at radius 2 is 2.06 bits per heavy atom. The summed E-state index contributed by atoms with van der Waals surface area (Å²) in [7, 11) is 1.42. The second kappa shape index (κ2) is 9.60. The Morgan fingerprint density at radius 3 is 2.59 bits per heavy atom. The molecule has 0 radical (unpaired) electrons. The van der Waals surface area contributed by atoms with Crippen molar-refractivity contribution in [2.75, 3.05) is 33.4 Å².